The Bertz CT molecular complexity index is 1370. The summed E-state index contributed by atoms with van der Waals surface area (Å²) in [5, 5.41) is 0. The molecule has 1 aliphatic carbocycles. The van der Waals surface area contributed by atoms with E-state index >= 15 is 0 Å². The summed E-state index contributed by atoms with van der Waals surface area (Å²) < 4.78 is 84.7. The number of esters is 1. The zero-order chi connectivity index (χ0) is 29.1. The van der Waals surface area contributed by atoms with Gasteiger partial charge in [-0.05, 0) is 66.3 Å². The molecule has 1 amide bonds. The van der Waals surface area contributed by atoms with E-state index in [9.17, 15) is 35.9 Å². The second kappa shape index (κ2) is 11.6. The highest BCUT2D eigenvalue weighted by Crippen LogP contribution is 2.36. The third-order valence-corrected chi connectivity index (χ3v) is 6.28. The SMILES string of the molecule is CCOC(=O)Cc1cncc(-c2ccc(C(F)(F)F)cc2CN(Cc2ccc(C(F)(F)F)nc2)C(=O)C2CC2)c1. The van der Waals surface area contributed by atoms with Crippen LogP contribution in [0, 0.1) is 5.92 Å². The van der Waals surface area contributed by atoms with E-state index in [0.717, 1.165) is 24.4 Å². The van der Waals surface area contributed by atoms with Crippen molar-refractivity contribution in [1.29, 1.82) is 0 Å². The second-order valence-corrected chi connectivity index (χ2v) is 9.45. The Morgan fingerprint density at radius 3 is 2.27 bits per heavy atom. The number of benzene rings is 1. The van der Waals surface area contributed by atoms with Gasteiger partial charge in [-0.2, -0.15) is 26.3 Å². The average molecular weight is 566 g/mol. The molecule has 1 aliphatic rings. The lowest BCUT2D eigenvalue weighted by atomic mass is 9.96. The molecule has 40 heavy (non-hydrogen) atoms. The number of hydrogen-bond acceptors (Lipinski definition) is 5. The highest BCUT2D eigenvalue weighted by molar-refractivity contribution is 5.81. The summed E-state index contributed by atoms with van der Waals surface area (Å²) in [7, 11) is 0. The number of alkyl halides is 6. The molecule has 3 aromatic rings. The van der Waals surface area contributed by atoms with E-state index in [0.29, 0.717) is 35.1 Å². The molecule has 0 unspecified atom stereocenters. The molecule has 1 fully saturated rings. The van der Waals surface area contributed by atoms with Crippen LogP contribution in [0.5, 0.6) is 0 Å². The molecule has 0 bridgehead atoms. The summed E-state index contributed by atoms with van der Waals surface area (Å²) in [4.78, 5) is 34.0. The van der Waals surface area contributed by atoms with Crippen LogP contribution in [0.2, 0.25) is 0 Å². The Morgan fingerprint density at radius 2 is 1.68 bits per heavy atom. The monoisotopic (exact) mass is 565 g/mol. The first-order valence-corrected chi connectivity index (χ1v) is 12.5. The minimum atomic E-state index is -4.65. The van der Waals surface area contributed by atoms with Crippen molar-refractivity contribution < 1.29 is 40.7 Å². The fraction of sp³-hybridized carbons (Fsp3) is 0.357. The van der Waals surface area contributed by atoms with Crippen LogP contribution < -0.4 is 0 Å². The summed E-state index contributed by atoms with van der Waals surface area (Å²) in [5.41, 5.74) is -0.259. The van der Waals surface area contributed by atoms with E-state index in [1.165, 1.54) is 29.4 Å². The minimum absolute atomic E-state index is 0.0855. The van der Waals surface area contributed by atoms with E-state index < -0.39 is 29.6 Å². The number of nitrogens with zero attached hydrogens (tertiary/aromatic N) is 3. The third kappa shape index (κ3) is 7.36. The van der Waals surface area contributed by atoms with Gasteiger partial charge in [-0.1, -0.05) is 12.1 Å². The lowest BCUT2D eigenvalue weighted by molar-refractivity contribution is -0.142. The van der Waals surface area contributed by atoms with Crippen LogP contribution in [0.15, 0.2) is 55.0 Å². The van der Waals surface area contributed by atoms with Gasteiger partial charge in [-0.3, -0.25) is 19.6 Å². The Morgan fingerprint density at radius 1 is 0.925 bits per heavy atom. The largest absolute Gasteiger partial charge is 0.466 e. The molecule has 2 heterocycles. The molecule has 0 N–H and O–H groups in total. The molecule has 0 spiro atoms. The predicted octanol–water partition coefficient (Wildman–Crippen LogP) is 6.23. The van der Waals surface area contributed by atoms with E-state index in [1.54, 1.807) is 13.0 Å². The van der Waals surface area contributed by atoms with Crippen LogP contribution in [0.25, 0.3) is 11.1 Å². The number of hydrogen-bond donors (Lipinski definition) is 0. The number of aromatic nitrogens is 2. The van der Waals surface area contributed by atoms with Crippen LogP contribution in [0.4, 0.5) is 26.3 Å². The summed E-state index contributed by atoms with van der Waals surface area (Å²) in [6.07, 6.45) is -4.24. The number of carbonyl (C=O) groups excluding carboxylic acids is 2. The molecular formula is C28H25F6N3O3. The molecule has 1 aromatic carbocycles. The van der Waals surface area contributed by atoms with E-state index in [2.05, 4.69) is 9.97 Å². The van der Waals surface area contributed by atoms with Gasteiger partial charge in [-0.15, -0.1) is 0 Å². The summed E-state index contributed by atoms with van der Waals surface area (Å²) in [6, 6.07) is 6.76. The predicted molar refractivity (Wildman–Crippen MR) is 131 cm³/mol. The van der Waals surface area contributed by atoms with Crippen LogP contribution in [0.1, 0.15) is 47.7 Å². The van der Waals surface area contributed by atoms with Crippen molar-refractivity contribution in [3.63, 3.8) is 0 Å². The summed E-state index contributed by atoms with van der Waals surface area (Å²) >= 11 is 0. The Kier molecular flexibility index (Phi) is 8.45. The van der Waals surface area contributed by atoms with Gasteiger partial charge in [0, 0.05) is 43.2 Å². The van der Waals surface area contributed by atoms with E-state index in [1.807, 2.05) is 0 Å². The van der Waals surface area contributed by atoms with Crippen molar-refractivity contribution in [2.24, 2.45) is 5.92 Å². The lowest BCUT2D eigenvalue weighted by Crippen LogP contribution is -2.31. The Balaban J connectivity index is 1.70. The normalized spacial score (nSPS) is 13.7. The average Bonchev–Trinajstić information content (AvgIpc) is 3.73. The molecule has 2 aromatic heterocycles. The molecule has 4 rings (SSSR count). The molecule has 0 radical (unpaired) electrons. The van der Waals surface area contributed by atoms with Crippen LogP contribution in [-0.4, -0.2) is 33.4 Å². The second-order valence-electron chi connectivity index (χ2n) is 9.45. The van der Waals surface area contributed by atoms with Gasteiger partial charge in [0.05, 0.1) is 18.6 Å². The minimum Gasteiger partial charge on any atom is -0.466 e. The standard InChI is InChI=1S/C28H25F6N3O3/c1-2-40-25(38)10-18-9-20(14-35-12-18)23-7-6-22(27(29,30)31)11-21(23)16-37(26(39)19-4-5-19)15-17-3-8-24(36-13-17)28(32,33)34/h3,6-9,11-14,19H,2,4-5,10,15-16H2,1H3. The number of amides is 1. The van der Waals surface area contributed by atoms with Crippen molar-refractivity contribution in [3.8, 4) is 11.1 Å². The highest BCUT2D eigenvalue weighted by atomic mass is 19.4. The van der Waals surface area contributed by atoms with Crippen LogP contribution >= 0.6 is 0 Å². The van der Waals surface area contributed by atoms with E-state index in [4.69, 9.17) is 4.74 Å². The van der Waals surface area contributed by atoms with Crippen molar-refractivity contribution in [3.05, 3.63) is 82.9 Å². The van der Waals surface area contributed by atoms with Gasteiger partial charge in [0.1, 0.15) is 5.69 Å². The first kappa shape index (κ1) is 29.0. The lowest BCUT2D eigenvalue weighted by Gasteiger charge is -2.25. The molecule has 1 saturated carbocycles. The molecule has 12 heteroatoms. The smallest absolute Gasteiger partial charge is 0.433 e. The number of pyridine rings is 2. The van der Waals surface area contributed by atoms with Crippen LogP contribution in [0.3, 0.4) is 0 Å². The third-order valence-electron chi connectivity index (χ3n) is 6.28. The van der Waals surface area contributed by atoms with Crippen molar-refractivity contribution in [1.82, 2.24) is 14.9 Å². The quantitative estimate of drug-likeness (QED) is 0.227. The number of ether oxygens (including phenoxy) is 1. The summed E-state index contributed by atoms with van der Waals surface area (Å²) in [5.74, 6) is -1.09. The first-order chi connectivity index (χ1) is 18.8. The summed E-state index contributed by atoms with van der Waals surface area (Å²) in [6.45, 7) is 1.47. The highest BCUT2D eigenvalue weighted by Gasteiger charge is 2.36. The molecule has 6 nitrogen and oxygen atoms in total. The topological polar surface area (TPSA) is 72.4 Å². The number of rotatable bonds is 9. The molecule has 212 valence electrons. The van der Waals surface area contributed by atoms with Gasteiger partial charge < -0.3 is 9.64 Å². The maximum atomic E-state index is 13.7. The van der Waals surface area contributed by atoms with E-state index in [-0.39, 0.29) is 43.5 Å². The van der Waals surface area contributed by atoms with Crippen molar-refractivity contribution in [2.75, 3.05) is 6.61 Å². The van der Waals surface area contributed by atoms with Crippen molar-refractivity contribution in [2.45, 2.75) is 51.6 Å². The first-order valence-electron chi connectivity index (χ1n) is 12.5. The maximum Gasteiger partial charge on any atom is 0.433 e. The van der Waals surface area contributed by atoms with Gasteiger partial charge in [-0.25, -0.2) is 0 Å². The molecule has 0 atom stereocenters. The van der Waals surface area contributed by atoms with Gasteiger partial charge in [0.2, 0.25) is 5.91 Å². The van der Waals surface area contributed by atoms with Crippen molar-refractivity contribution >= 4 is 11.9 Å². The Hall–Kier alpha value is -3.96. The molecular weight excluding hydrogens is 540 g/mol. The van der Waals surface area contributed by atoms with Gasteiger partial charge >= 0.3 is 18.3 Å². The number of carbonyl (C=O) groups is 2. The zero-order valence-corrected chi connectivity index (χ0v) is 21.4. The Labute approximate surface area is 226 Å². The van der Waals surface area contributed by atoms with Gasteiger partial charge in [0.15, 0.2) is 0 Å². The number of halogens is 6. The zero-order valence-electron chi connectivity index (χ0n) is 21.4. The molecule has 0 saturated heterocycles. The molecule has 0 aliphatic heterocycles. The maximum absolute atomic E-state index is 13.7. The van der Waals surface area contributed by atoms with Gasteiger partial charge in [0.25, 0.3) is 0 Å². The fourth-order valence-corrected chi connectivity index (χ4v) is 4.20. The van der Waals surface area contributed by atoms with Crippen LogP contribution in [-0.2, 0) is 46.2 Å². The fourth-order valence-electron chi connectivity index (χ4n) is 4.20.